The summed E-state index contributed by atoms with van der Waals surface area (Å²) in [5.74, 6) is 0.852. The Bertz CT molecular complexity index is 517. The largest absolute Gasteiger partial charge is 0.492 e. The van der Waals surface area contributed by atoms with Crippen molar-refractivity contribution in [3.63, 3.8) is 0 Å². The van der Waals surface area contributed by atoms with Gasteiger partial charge in [0.1, 0.15) is 12.4 Å². The molecule has 1 aromatic heterocycles. The first kappa shape index (κ1) is 13.8. The van der Waals surface area contributed by atoms with Crippen LogP contribution in [0, 0.1) is 6.92 Å². The highest BCUT2D eigenvalue weighted by atomic mass is 35.5. The standard InChI is InChI=1S/C15H17ClN2O/c1-12-9-14(4-5-15(12)16)19-8-7-18-11-13-3-2-6-17-10-13/h2-6,9-10,18H,7-8,11H2,1H3. The van der Waals surface area contributed by atoms with Crippen molar-refractivity contribution in [3.05, 3.63) is 58.9 Å². The van der Waals surface area contributed by atoms with Crippen molar-refractivity contribution in [1.29, 1.82) is 0 Å². The fourth-order valence-electron chi connectivity index (χ4n) is 1.68. The zero-order valence-corrected chi connectivity index (χ0v) is 11.7. The van der Waals surface area contributed by atoms with E-state index < -0.39 is 0 Å². The summed E-state index contributed by atoms with van der Waals surface area (Å²) in [4.78, 5) is 4.07. The highest BCUT2D eigenvalue weighted by Gasteiger charge is 1.98. The van der Waals surface area contributed by atoms with E-state index in [0.717, 1.165) is 29.4 Å². The lowest BCUT2D eigenvalue weighted by molar-refractivity contribution is 0.313. The van der Waals surface area contributed by atoms with Crippen molar-refractivity contribution in [1.82, 2.24) is 10.3 Å². The minimum atomic E-state index is 0.626. The van der Waals surface area contributed by atoms with Crippen molar-refractivity contribution in [2.24, 2.45) is 0 Å². The second-order valence-electron chi connectivity index (χ2n) is 4.30. The lowest BCUT2D eigenvalue weighted by atomic mass is 10.2. The van der Waals surface area contributed by atoms with Crippen LogP contribution in [0.25, 0.3) is 0 Å². The van der Waals surface area contributed by atoms with Gasteiger partial charge in [-0.3, -0.25) is 4.98 Å². The third-order valence-electron chi connectivity index (χ3n) is 2.73. The molecule has 0 aliphatic heterocycles. The van der Waals surface area contributed by atoms with Gasteiger partial charge in [-0.15, -0.1) is 0 Å². The third kappa shape index (κ3) is 4.54. The molecule has 0 saturated heterocycles. The van der Waals surface area contributed by atoms with Crippen LogP contribution in [0.5, 0.6) is 5.75 Å². The van der Waals surface area contributed by atoms with Gasteiger partial charge in [-0.2, -0.15) is 0 Å². The molecule has 1 heterocycles. The van der Waals surface area contributed by atoms with E-state index in [0.29, 0.717) is 6.61 Å². The van der Waals surface area contributed by atoms with E-state index in [1.54, 1.807) is 6.20 Å². The highest BCUT2D eigenvalue weighted by Crippen LogP contribution is 2.20. The molecule has 0 fully saturated rings. The van der Waals surface area contributed by atoms with Crippen LogP contribution in [0.15, 0.2) is 42.7 Å². The molecule has 0 radical (unpaired) electrons. The van der Waals surface area contributed by atoms with Gasteiger partial charge >= 0.3 is 0 Å². The fourth-order valence-corrected chi connectivity index (χ4v) is 1.80. The molecule has 0 atom stereocenters. The van der Waals surface area contributed by atoms with Crippen LogP contribution >= 0.6 is 11.6 Å². The molecule has 0 unspecified atom stereocenters. The summed E-state index contributed by atoms with van der Waals surface area (Å²) < 4.78 is 5.64. The maximum Gasteiger partial charge on any atom is 0.119 e. The second kappa shape index (κ2) is 7.12. The maximum atomic E-state index is 5.96. The van der Waals surface area contributed by atoms with Crippen LogP contribution in [-0.2, 0) is 6.54 Å². The summed E-state index contributed by atoms with van der Waals surface area (Å²) in [6.07, 6.45) is 3.63. The van der Waals surface area contributed by atoms with Crippen molar-refractivity contribution >= 4 is 11.6 Å². The number of halogens is 1. The zero-order valence-electron chi connectivity index (χ0n) is 10.9. The average Bonchev–Trinajstić information content (AvgIpc) is 2.43. The van der Waals surface area contributed by atoms with E-state index in [1.165, 1.54) is 5.56 Å². The van der Waals surface area contributed by atoms with Crippen molar-refractivity contribution in [2.75, 3.05) is 13.2 Å². The Morgan fingerprint density at radius 1 is 1.32 bits per heavy atom. The molecular formula is C15H17ClN2O. The molecule has 19 heavy (non-hydrogen) atoms. The third-order valence-corrected chi connectivity index (χ3v) is 3.15. The second-order valence-corrected chi connectivity index (χ2v) is 4.70. The van der Waals surface area contributed by atoms with E-state index in [-0.39, 0.29) is 0 Å². The number of aryl methyl sites for hydroxylation is 1. The van der Waals surface area contributed by atoms with Crippen molar-refractivity contribution in [2.45, 2.75) is 13.5 Å². The summed E-state index contributed by atoms with van der Waals surface area (Å²) >= 11 is 5.96. The lowest BCUT2D eigenvalue weighted by Crippen LogP contribution is -2.20. The molecule has 0 saturated carbocycles. The number of rotatable bonds is 6. The van der Waals surface area contributed by atoms with Gasteiger partial charge in [-0.05, 0) is 42.3 Å². The summed E-state index contributed by atoms with van der Waals surface area (Å²) in [5, 5.41) is 4.07. The molecule has 0 aliphatic carbocycles. The van der Waals surface area contributed by atoms with Gasteiger partial charge < -0.3 is 10.1 Å². The Hall–Kier alpha value is -1.58. The molecule has 0 spiro atoms. The van der Waals surface area contributed by atoms with Crippen LogP contribution in [0.1, 0.15) is 11.1 Å². The average molecular weight is 277 g/mol. The van der Waals surface area contributed by atoms with Crippen LogP contribution < -0.4 is 10.1 Å². The van der Waals surface area contributed by atoms with E-state index in [9.17, 15) is 0 Å². The predicted octanol–water partition coefficient (Wildman–Crippen LogP) is 3.21. The number of ether oxygens (including phenoxy) is 1. The lowest BCUT2D eigenvalue weighted by Gasteiger charge is -2.08. The number of aromatic nitrogens is 1. The minimum absolute atomic E-state index is 0.626. The quantitative estimate of drug-likeness (QED) is 0.823. The van der Waals surface area contributed by atoms with E-state index >= 15 is 0 Å². The number of pyridine rings is 1. The molecule has 0 amide bonds. The summed E-state index contributed by atoms with van der Waals surface area (Å²) in [5.41, 5.74) is 2.20. The Morgan fingerprint density at radius 3 is 2.95 bits per heavy atom. The van der Waals surface area contributed by atoms with Crippen molar-refractivity contribution < 1.29 is 4.74 Å². The highest BCUT2D eigenvalue weighted by molar-refractivity contribution is 6.31. The van der Waals surface area contributed by atoms with E-state index in [4.69, 9.17) is 16.3 Å². The summed E-state index contributed by atoms with van der Waals surface area (Å²) in [7, 11) is 0. The van der Waals surface area contributed by atoms with Gasteiger partial charge in [0.05, 0.1) is 0 Å². The van der Waals surface area contributed by atoms with E-state index in [1.807, 2.05) is 43.5 Å². The minimum Gasteiger partial charge on any atom is -0.492 e. The Morgan fingerprint density at radius 2 is 2.21 bits per heavy atom. The summed E-state index contributed by atoms with van der Waals surface area (Å²) in [6, 6.07) is 9.67. The van der Waals surface area contributed by atoms with Gasteiger partial charge in [0.2, 0.25) is 0 Å². The fraction of sp³-hybridized carbons (Fsp3) is 0.267. The van der Waals surface area contributed by atoms with Crippen LogP contribution in [0.4, 0.5) is 0 Å². The molecule has 3 nitrogen and oxygen atoms in total. The summed E-state index contributed by atoms with van der Waals surface area (Å²) in [6.45, 7) is 4.19. The molecule has 4 heteroatoms. The molecule has 2 aromatic rings. The molecule has 100 valence electrons. The Balaban J connectivity index is 1.68. The number of hydrogen-bond donors (Lipinski definition) is 1. The topological polar surface area (TPSA) is 34.1 Å². The van der Waals surface area contributed by atoms with E-state index in [2.05, 4.69) is 10.3 Å². The molecule has 0 aliphatic rings. The smallest absolute Gasteiger partial charge is 0.119 e. The first-order valence-corrected chi connectivity index (χ1v) is 6.62. The molecule has 2 rings (SSSR count). The molecule has 1 aromatic carbocycles. The van der Waals surface area contributed by atoms with Gasteiger partial charge in [0, 0.05) is 30.5 Å². The van der Waals surface area contributed by atoms with Crippen molar-refractivity contribution in [3.8, 4) is 5.75 Å². The molecule has 0 bridgehead atoms. The van der Waals surface area contributed by atoms with Crippen LogP contribution in [-0.4, -0.2) is 18.1 Å². The normalized spacial score (nSPS) is 10.4. The van der Waals surface area contributed by atoms with Crippen LogP contribution in [0.2, 0.25) is 5.02 Å². The number of nitrogens with zero attached hydrogens (tertiary/aromatic N) is 1. The van der Waals surface area contributed by atoms with Crippen LogP contribution in [0.3, 0.4) is 0 Å². The zero-order chi connectivity index (χ0) is 13.5. The predicted molar refractivity (Wildman–Crippen MR) is 77.6 cm³/mol. The SMILES string of the molecule is Cc1cc(OCCNCc2cccnc2)ccc1Cl. The molecular weight excluding hydrogens is 260 g/mol. The van der Waals surface area contributed by atoms with Gasteiger partial charge in [0.15, 0.2) is 0 Å². The number of benzene rings is 1. The number of hydrogen-bond acceptors (Lipinski definition) is 3. The first-order chi connectivity index (χ1) is 9.25. The van der Waals surface area contributed by atoms with Gasteiger partial charge in [0.25, 0.3) is 0 Å². The molecule has 1 N–H and O–H groups in total. The Labute approximate surface area is 118 Å². The first-order valence-electron chi connectivity index (χ1n) is 6.24. The van der Waals surface area contributed by atoms with Gasteiger partial charge in [-0.25, -0.2) is 0 Å². The monoisotopic (exact) mass is 276 g/mol. The maximum absolute atomic E-state index is 5.96. The number of nitrogens with one attached hydrogen (secondary N) is 1. The Kier molecular flexibility index (Phi) is 5.19. The van der Waals surface area contributed by atoms with Gasteiger partial charge in [-0.1, -0.05) is 17.7 Å².